The summed E-state index contributed by atoms with van der Waals surface area (Å²) < 4.78 is 38.0. The van der Waals surface area contributed by atoms with Gasteiger partial charge in [-0.25, -0.2) is 4.79 Å². The Morgan fingerprint density at radius 1 is 0.765 bits per heavy atom. The Labute approximate surface area is 299 Å². The van der Waals surface area contributed by atoms with Crippen LogP contribution in [0.4, 0.5) is 4.79 Å². The molecule has 0 aromatic carbocycles. The van der Waals surface area contributed by atoms with Crippen LogP contribution in [0.5, 0.6) is 0 Å². The number of carbonyl (C=O) groups is 8. The van der Waals surface area contributed by atoms with Crippen molar-refractivity contribution < 1.29 is 76.6 Å². The maximum Gasteiger partial charge on any atom is 0.408 e. The SMILES string of the molecule is CC(=O)OC[C@H]1O[C@@H](OCCCSC[C@H](NC(=O)[C@H](C)NC(=O)OC(C)(C)C)C(=O)N[C@@H](C)C(=O)O)[C@H](OC(C)=O)[C@@H](OC(C)=O)[C@H]1OC(C)=O. The van der Waals surface area contributed by atoms with Gasteiger partial charge in [-0.15, -0.1) is 0 Å². The van der Waals surface area contributed by atoms with Crippen molar-refractivity contribution in [3.63, 3.8) is 0 Å². The number of carboxylic acids is 1. The summed E-state index contributed by atoms with van der Waals surface area (Å²) in [5, 5.41) is 16.4. The fraction of sp³-hybridized carbons (Fsp3) is 0.742. The molecule has 0 aromatic heterocycles. The number of carboxylic acid groups (broad SMARTS) is 1. The molecule has 0 unspecified atom stereocenters. The molecule has 1 heterocycles. The van der Waals surface area contributed by atoms with Crippen LogP contribution < -0.4 is 16.0 Å². The zero-order valence-corrected chi connectivity index (χ0v) is 31.0. The number of hydrogen-bond donors (Lipinski definition) is 4. The lowest BCUT2D eigenvalue weighted by Gasteiger charge is -2.44. The number of nitrogens with one attached hydrogen (secondary N) is 3. The number of aliphatic carboxylic acids is 1. The molecule has 0 aromatic rings. The van der Waals surface area contributed by atoms with Crippen LogP contribution in [-0.2, 0) is 66.7 Å². The topological polar surface area (TPSA) is 257 Å². The minimum absolute atomic E-state index is 0.0118. The van der Waals surface area contributed by atoms with Crippen LogP contribution in [0.3, 0.4) is 0 Å². The lowest BCUT2D eigenvalue weighted by molar-refractivity contribution is -0.308. The van der Waals surface area contributed by atoms with Gasteiger partial charge in [-0.05, 0) is 46.8 Å². The van der Waals surface area contributed by atoms with Crippen molar-refractivity contribution in [3.8, 4) is 0 Å². The van der Waals surface area contributed by atoms with Crippen molar-refractivity contribution in [2.75, 3.05) is 24.7 Å². The molecule has 1 aliphatic heterocycles. The molecular weight excluding hydrogens is 702 g/mol. The summed E-state index contributed by atoms with van der Waals surface area (Å²) in [6.07, 6.45) is -7.24. The molecule has 0 radical (unpaired) electrons. The first-order chi connectivity index (χ1) is 23.6. The van der Waals surface area contributed by atoms with E-state index in [0.717, 1.165) is 27.7 Å². The molecule has 51 heavy (non-hydrogen) atoms. The highest BCUT2D eigenvalue weighted by atomic mass is 32.2. The molecule has 290 valence electrons. The van der Waals surface area contributed by atoms with Gasteiger partial charge < -0.3 is 54.2 Å². The number of carbonyl (C=O) groups excluding carboxylic acids is 7. The van der Waals surface area contributed by atoms with Crippen molar-refractivity contribution in [1.82, 2.24) is 16.0 Å². The van der Waals surface area contributed by atoms with E-state index >= 15 is 0 Å². The van der Waals surface area contributed by atoms with Crippen molar-refractivity contribution in [1.29, 1.82) is 0 Å². The van der Waals surface area contributed by atoms with Crippen LogP contribution in [0.2, 0.25) is 0 Å². The van der Waals surface area contributed by atoms with Gasteiger partial charge in [0.2, 0.25) is 11.8 Å². The summed E-state index contributed by atoms with van der Waals surface area (Å²) in [6.45, 7) is 11.5. The summed E-state index contributed by atoms with van der Waals surface area (Å²) in [5.41, 5.74) is -0.817. The van der Waals surface area contributed by atoms with Gasteiger partial charge in [-0.3, -0.25) is 33.6 Å². The second-order valence-electron chi connectivity index (χ2n) is 12.4. The molecule has 0 bridgehead atoms. The standard InChI is InChI=1S/C31H49N3O16S/c1-15(33-30(43)50-31(7,8)9)26(39)34-21(27(40)32-16(2)28(41)42)14-51-12-10-11-44-29-25(48-20(6)38)24(47-19(5)37)23(46-18(4)36)22(49-29)13-45-17(3)35/h15-16,21-25,29H,10-14H2,1-9H3,(H,32,40)(H,33,43)(H,34,39)(H,41,42)/t15-,16-,21-,22+,23-,24-,25+,29+/m0/s1. The largest absolute Gasteiger partial charge is 0.480 e. The lowest BCUT2D eigenvalue weighted by Crippen LogP contribution is -2.63. The average molecular weight is 752 g/mol. The predicted octanol–water partition coefficient (Wildman–Crippen LogP) is 0.197. The second-order valence-corrected chi connectivity index (χ2v) is 13.5. The van der Waals surface area contributed by atoms with E-state index in [4.69, 9.17) is 33.2 Å². The highest BCUT2D eigenvalue weighted by Crippen LogP contribution is 2.30. The fourth-order valence-corrected chi connectivity index (χ4v) is 5.25. The first-order valence-corrected chi connectivity index (χ1v) is 17.1. The molecule has 0 spiro atoms. The van der Waals surface area contributed by atoms with Crippen LogP contribution in [-0.4, -0.2) is 132 Å². The zero-order chi connectivity index (χ0) is 39.1. The number of alkyl carbamates (subject to hydrolysis) is 1. The van der Waals surface area contributed by atoms with Gasteiger partial charge in [0, 0.05) is 33.4 Å². The average Bonchev–Trinajstić information content (AvgIpc) is 2.97. The van der Waals surface area contributed by atoms with Gasteiger partial charge in [0.05, 0.1) is 6.61 Å². The van der Waals surface area contributed by atoms with Crippen molar-refractivity contribution in [2.24, 2.45) is 0 Å². The smallest absolute Gasteiger partial charge is 0.408 e. The Morgan fingerprint density at radius 3 is 1.86 bits per heavy atom. The fourth-order valence-electron chi connectivity index (χ4n) is 4.29. The summed E-state index contributed by atoms with van der Waals surface area (Å²) in [6, 6.07) is -3.56. The molecule has 0 saturated carbocycles. The molecule has 19 nitrogen and oxygen atoms in total. The van der Waals surface area contributed by atoms with E-state index in [1.165, 1.54) is 25.6 Å². The summed E-state index contributed by atoms with van der Waals surface area (Å²) in [4.78, 5) is 96.6. The van der Waals surface area contributed by atoms with E-state index in [-0.39, 0.29) is 12.4 Å². The maximum atomic E-state index is 12.9. The number of amides is 3. The number of esters is 4. The van der Waals surface area contributed by atoms with Crippen molar-refractivity contribution in [2.45, 2.75) is 123 Å². The van der Waals surface area contributed by atoms with Gasteiger partial charge in [0.15, 0.2) is 24.6 Å². The Kier molecular flexibility index (Phi) is 18.7. The number of thioether (sulfide) groups is 1. The molecule has 0 aliphatic carbocycles. The number of rotatable bonds is 18. The summed E-state index contributed by atoms with van der Waals surface area (Å²) >= 11 is 1.20. The third-order valence-electron chi connectivity index (χ3n) is 6.44. The predicted molar refractivity (Wildman–Crippen MR) is 176 cm³/mol. The van der Waals surface area contributed by atoms with E-state index in [9.17, 15) is 43.5 Å². The first kappa shape index (κ1) is 44.9. The van der Waals surface area contributed by atoms with Gasteiger partial charge in [-0.2, -0.15) is 11.8 Å². The molecule has 4 N–H and O–H groups in total. The van der Waals surface area contributed by atoms with E-state index in [1.54, 1.807) is 20.8 Å². The van der Waals surface area contributed by atoms with Crippen molar-refractivity contribution in [3.05, 3.63) is 0 Å². The molecule has 8 atom stereocenters. The Balaban J connectivity index is 3.00. The Hall–Kier alpha value is -4.17. The molecule has 1 fully saturated rings. The van der Waals surface area contributed by atoms with Gasteiger partial charge in [0.1, 0.15) is 36.4 Å². The number of hydrogen-bond acceptors (Lipinski definition) is 16. The normalized spacial score (nSPS) is 21.8. The third-order valence-corrected chi connectivity index (χ3v) is 7.58. The second kappa shape index (κ2) is 21.3. The molecule has 1 rings (SSSR count). The molecular formula is C31H49N3O16S. The maximum absolute atomic E-state index is 12.9. The number of ether oxygens (including phenoxy) is 7. The Morgan fingerprint density at radius 2 is 1.33 bits per heavy atom. The lowest BCUT2D eigenvalue weighted by atomic mass is 9.98. The molecule has 20 heteroatoms. The molecule has 1 aliphatic rings. The zero-order valence-electron chi connectivity index (χ0n) is 30.1. The van der Waals surface area contributed by atoms with Crippen LogP contribution in [0, 0.1) is 0 Å². The highest BCUT2D eigenvalue weighted by molar-refractivity contribution is 7.99. The molecule has 3 amide bonds. The van der Waals surface area contributed by atoms with Crippen molar-refractivity contribution >= 4 is 59.5 Å². The Bertz CT molecular complexity index is 1260. The quantitative estimate of drug-likeness (QED) is 0.0828. The summed E-state index contributed by atoms with van der Waals surface area (Å²) in [7, 11) is 0. The molecule has 1 saturated heterocycles. The minimum Gasteiger partial charge on any atom is -0.480 e. The monoisotopic (exact) mass is 751 g/mol. The first-order valence-electron chi connectivity index (χ1n) is 15.9. The van der Waals surface area contributed by atoms with Crippen LogP contribution in [0.15, 0.2) is 0 Å². The van der Waals surface area contributed by atoms with Gasteiger partial charge in [0.25, 0.3) is 0 Å². The summed E-state index contributed by atoms with van der Waals surface area (Å²) in [5.74, 6) is -5.51. The van der Waals surface area contributed by atoms with E-state index < -0.39 is 109 Å². The van der Waals surface area contributed by atoms with Gasteiger partial charge in [-0.1, -0.05) is 0 Å². The van der Waals surface area contributed by atoms with E-state index in [2.05, 4.69) is 16.0 Å². The highest BCUT2D eigenvalue weighted by Gasteiger charge is 2.52. The van der Waals surface area contributed by atoms with E-state index in [1.807, 2.05) is 0 Å². The van der Waals surface area contributed by atoms with Gasteiger partial charge >= 0.3 is 35.9 Å². The van der Waals surface area contributed by atoms with Crippen LogP contribution >= 0.6 is 11.8 Å². The third kappa shape index (κ3) is 17.5. The van der Waals surface area contributed by atoms with E-state index in [0.29, 0.717) is 12.2 Å². The van der Waals surface area contributed by atoms with Crippen LogP contribution in [0.1, 0.15) is 68.7 Å². The minimum atomic E-state index is -1.40. The van der Waals surface area contributed by atoms with Crippen LogP contribution in [0.25, 0.3) is 0 Å².